The van der Waals surface area contributed by atoms with Crippen LogP contribution >= 0.6 is 0 Å². The van der Waals surface area contributed by atoms with Crippen LogP contribution in [0.25, 0.3) is 0 Å². The quantitative estimate of drug-likeness (QED) is 0.606. The van der Waals surface area contributed by atoms with Crippen molar-refractivity contribution in [3.63, 3.8) is 0 Å². The first-order valence-electron chi connectivity index (χ1n) is 2.93. The van der Waals surface area contributed by atoms with Crippen LogP contribution < -0.4 is 5.32 Å². The Hall–Kier alpha value is -1.09. The van der Waals surface area contributed by atoms with E-state index >= 15 is 0 Å². The molecule has 10 heavy (non-hydrogen) atoms. The summed E-state index contributed by atoms with van der Waals surface area (Å²) in [6.07, 6.45) is 0. The third-order valence-corrected chi connectivity index (χ3v) is 1.11. The number of nitrogens with one attached hydrogen (secondary N) is 1. The smallest absolute Gasteiger partial charge is 0.125 e. The van der Waals surface area contributed by atoms with E-state index in [-0.39, 0.29) is 12.5 Å². The molecular weight excluding hydrogens is 133 g/mol. The molecule has 2 nitrogen and oxygen atoms in total. The number of aliphatic hydroxyl groups is 1. The number of aliphatic hydroxyl groups excluding tert-OH is 1. The average molecular weight is 141 g/mol. The molecule has 0 aliphatic rings. The summed E-state index contributed by atoms with van der Waals surface area (Å²) in [5.74, 6) is -0.307. The highest BCUT2D eigenvalue weighted by Gasteiger charge is 1.90. The Morgan fingerprint density at radius 2 is 2.30 bits per heavy atom. The monoisotopic (exact) mass is 141 g/mol. The van der Waals surface area contributed by atoms with E-state index in [0.717, 1.165) is 0 Å². The summed E-state index contributed by atoms with van der Waals surface area (Å²) in [6, 6.07) is 5.92. The number of hydrogen-bond acceptors (Lipinski definition) is 2. The van der Waals surface area contributed by atoms with Crippen LogP contribution in [-0.2, 0) is 0 Å². The van der Waals surface area contributed by atoms with Crippen LogP contribution in [0, 0.1) is 5.82 Å². The summed E-state index contributed by atoms with van der Waals surface area (Å²) in [5.41, 5.74) is 0.586. The van der Waals surface area contributed by atoms with Crippen LogP contribution in [0.2, 0.25) is 0 Å². The zero-order chi connectivity index (χ0) is 7.40. The van der Waals surface area contributed by atoms with Crippen LogP contribution in [-0.4, -0.2) is 11.8 Å². The molecule has 0 radical (unpaired) electrons. The fourth-order valence-electron chi connectivity index (χ4n) is 0.690. The second kappa shape index (κ2) is 3.17. The van der Waals surface area contributed by atoms with Gasteiger partial charge in [0.05, 0.1) is 0 Å². The van der Waals surface area contributed by atoms with Crippen LogP contribution in [0.5, 0.6) is 0 Å². The van der Waals surface area contributed by atoms with Crippen molar-refractivity contribution in [2.45, 2.75) is 0 Å². The third-order valence-electron chi connectivity index (χ3n) is 1.11. The topological polar surface area (TPSA) is 32.3 Å². The van der Waals surface area contributed by atoms with Gasteiger partial charge in [-0.05, 0) is 18.2 Å². The molecule has 1 aromatic carbocycles. The zero-order valence-corrected chi connectivity index (χ0v) is 5.34. The number of rotatable bonds is 2. The van der Waals surface area contributed by atoms with Gasteiger partial charge in [0, 0.05) is 5.69 Å². The van der Waals surface area contributed by atoms with Gasteiger partial charge in [-0.25, -0.2) is 4.39 Å². The van der Waals surface area contributed by atoms with Crippen molar-refractivity contribution >= 4 is 5.69 Å². The van der Waals surface area contributed by atoms with Crippen molar-refractivity contribution in [3.8, 4) is 0 Å². The maximum Gasteiger partial charge on any atom is 0.125 e. The lowest BCUT2D eigenvalue weighted by Gasteiger charge is -1.99. The van der Waals surface area contributed by atoms with Gasteiger partial charge in [0.2, 0.25) is 0 Å². The van der Waals surface area contributed by atoms with Gasteiger partial charge < -0.3 is 10.4 Å². The van der Waals surface area contributed by atoms with E-state index in [4.69, 9.17) is 5.11 Å². The molecule has 3 heteroatoms. The Labute approximate surface area is 58.3 Å². The summed E-state index contributed by atoms with van der Waals surface area (Å²) in [7, 11) is 0. The highest BCUT2D eigenvalue weighted by atomic mass is 19.1. The first-order chi connectivity index (χ1) is 4.83. The minimum atomic E-state index is -0.307. The van der Waals surface area contributed by atoms with Crippen molar-refractivity contribution in [1.29, 1.82) is 0 Å². The van der Waals surface area contributed by atoms with Crippen LogP contribution in [0.15, 0.2) is 24.3 Å². The van der Waals surface area contributed by atoms with Crippen molar-refractivity contribution in [2.24, 2.45) is 0 Å². The molecule has 0 fully saturated rings. The summed E-state index contributed by atoms with van der Waals surface area (Å²) >= 11 is 0. The molecule has 2 N–H and O–H groups in total. The molecule has 0 amide bonds. The lowest BCUT2D eigenvalue weighted by atomic mass is 10.3. The lowest BCUT2D eigenvalue weighted by molar-refractivity contribution is 0.325. The van der Waals surface area contributed by atoms with Gasteiger partial charge in [-0.1, -0.05) is 6.07 Å². The summed E-state index contributed by atoms with van der Waals surface area (Å²) in [5, 5.41) is 10.9. The molecule has 0 unspecified atom stereocenters. The molecule has 0 spiro atoms. The Bertz CT molecular complexity index is 215. The van der Waals surface area contributed by atoms with Gasteiger partial charge in [0.1, 0.15) is 12.5 Å². The van der Waals surface area contributed by atoms with E-state index in [1.165, 1.54) is 12.1 Å². The first-order valence-corrected chi connectivity index (χ1v) is 2.93. The lowest BCUT2D eigenvalue weighted by Crippen LogP contribution is -1.98. The van der Waals surface area contributed by atoms with E-state index in [1.54, 1.807) is 12.1 Å². The van der Waals surface area contributed by atoms with Gasteiger partial charge in [-0.2, -0.15) is 0 Å². The van der Waals surface area contributed by atoms with E-state index in [1.807, 2.05) is 0 Å². The molecule has 0 bridgehead atoms. The molecule has 0 saturated carbocycles. The molecule has 0 aliphatic carbocycles. The fraction of sp³-hybridized carbons (Fsp3) is 0.143. The summed E-state index contributed by atoms with van der Waals surface area (Å²) < 4.78 is 12.4. The van der Waals surface area contributed by atoms with Gasteiger partial charge in [0.15, 0.2) is 0 Å². The predicted octanol–water partition coefficient (Wildman–Crippen LogP) is 1.19. The molecule has 0 heterocycles. The molecule has 1 aromatic rings. The molecule has 54 valence electrons. The average Bonchev–Trinajstić information content (AvgIpc) is 1.88. The molecule has 0 aliphatic heterocycles. The molecule has 0 aromatic heterocycles. The number of halogens is 1. The van der Waals surface area contributed by atoms with E-state index < -0.39 is 0 Å². The number of benzene rings is 1. The minimum Gasteiger partial charge on any atom is -0.377 e. The standard InChI is InChI=1S/C7H8FNO/c8-6-2-1-3-7(4-6)9-5-10/h1-4,9-10H,5H2. The van der Waals surface area contributed by atoms with Crippen LogP contribution in [0.3, 0.4) is 0 Å². The van der Waals surface area contributed by atoms with Gasteiger partial charge in [-0.3, -0.25) is 0 Å². The third kappa shape index (κ3) is 1.70. The van der Waals surface area contributed by atoms with Crippen LogP contribution in [0.4, 0.5) is 10.1 Å². The van der Waals surface area contributed by atoms with Gasteiger partial charge in [-0.15, -0.1) is 0 Å². The van der Waals surface area contributed by atoms with Crippen molar-refractivity contribution in [1.82, 2.24) is 0 Å². The number of anilines is 1. The summed E-state index contributed by atoms with van der Waals surface area (Å²) in [6.45, 7) is -0.177. The Morgan fingerprint density at radius 3 is 2.90 bits per heavy atom. The Morgan fingerprint density at radius 1 is 1.50 bits per heavy atom. The van der Waals surface area contributed by atoms with Crippen molar-refractivity contribution in [2.75, 3.05) is 12.0 Å². The van der Waals surface area contributed by atoms with E-state index in [0.29, 0.717) is 5.69 Å². The minimum absolute atomic E-state index is 0.177. The fourth-order valence-corrected chi connectivity index (χ4v) is 0.690. The van der Waals surface area contributed by atoms with Gasteiger partial charge in [0.25, 0.3) is 0 Å². The second-order valence-corrected chi connectivity index (χ2v) is 1.85. The first kappa shape index (κ1) is 7.02. The van der Waals surface area contributed by atoms with Crippen molar-refractivity contribution in [3.05, 3.63) is 30.1 Å². The second-order valence-electron chi connectivity index (χ2n) is 1.85. The Kier molecular flexibility index (Phi) is 2.23. The zero-order valence-electron chi connectivity index (χ0n) is 5.34. The Balaban J connectivity index is 2.75. The van der Waals surface area contributed by atoms with Crippen molar-refractivity contribution < 1.29 is 9.50 Å². The molecule has 0 atom stereocenters. The SMILES string of the molecule is OCNc1cccc(F)c1. The highest BCUT2D eigenvalue weighted by Crippen LogP contribution is 2.07. The summed E-state index contributed by atoms with van der Waals surface area (Å²) in [4.78, 5) is 0. The van der Waals surface area contributed by atoms with E-state index in [9.17, 15) is 4.39 Å². The maximum absolute atomic E-state index is 12.4. The van der Waals surface area contributed by atoms with E-state index in [2.05, 4.69) is 5.32 Å². The molecule has 1 rings (SSSR count). The van der Waals surface area contributed by atoms with Crippen LogP contribution in [0.1, 0.15) is 0 Å². The molecule has 0 saturated heterocycles. The maximum atomic E-state index is 12.4. The molecular formula is C7H8FNO. The van der Waals surface area contributed by atoms with Gasteiger partial charge >= 0.3 is 0 Å². The normalized spacial score (nSPS) is 9.40. The number of hydrogen-bond donors (Lipinski definition) is 2. The highest BCUT2D eigenvalue weighted by molar-refractivity contribution is 5.42. The predicted molar refractivity (Wildman–Crippen MR) is 37.1 cm³/mol. The largest absolute Gasteiger partial charge is 0.377 e.